The third kappa shape index (κ3) is 3.18. The lowest BCUT2D eigenvalue weighted by Gasteiger charge is -2.29. The number of nitrogens with one attached hydrogen (secondary N) is 1. The van der Waals surface area contributed by atoms with Gasteiger partial charge >= 0.3 is 0 Å². The van der Waals surface area contributed by atoms with Crippen molar-refractivity contribution in [2.45, 2.75) is 18.6 Å². The first-order valence-electron chi connectivity index (χ1n) is 5.44. The van der Waals surface area contributed by atoms with E-state index in [1.54, 1.807) is 12.4 Å². The zero-order valence-corrected chi connectivity index (χ0v) is 9.95. The molecule has 0 amide bonds. The molecule has 3 N–H and O–H groups in total. The van der Waals surface area contributed by atoms with Crippen LogP contribution in [0.3, 0.4) is 0 Å². The van der Waals surface area contributed by atoms with Crippen LogP contribution in [0.15, 0.2) is 24.5 Å². The number of hydrogen-bond acceptors (Lipinski definition) is 5. The molecule has 2 heterocycles. The van der Waals surface area contributed by atoms with Gasteiger partial charge in [-0.1, -0.05) is 0 Å². The van der Waals surface area contributed by atoms with Crippen molar-refractivity contribution < 1.29 is 4.74 Å². The van der Waals surface area contributed by atoms with E-state index in [2.05, 4.69) is 10.4 Å². The molecule has 0 aromatic carbocycles. The zero-order valence-electron chi connectivity index (χ0n) is 9.13. The number of rotatable bonds is 4. The largest absolute Gasteiger partial charge is 0.375 e. The maximum absolute atomic E-state index is 5.72. The molecule has 1 saturated heterocycles. The van der Waals surface area contributed by atoms with Gasteiger partial charge in [-0.2, -0.15) is 11.8 Å². The molecule has 88 valence electrons. The zero-order chi connectivity index (χ0) is 11.2. The van der Waals surface area contributed by atoms with Crippen molar-refractivity contribution in [2.24, 2.45) is 5.84 Å². The highest BCUT2D eigenvalue weighted by molar-refractivity contribution is 7.99. The van der Waals surface area contributed by atoms with Gasteiger partial charge in [0.25, 0.3) is 0 Å². The molecular weight excluding hydrogens is 222 g/mol. The lowest BCUT2D eigenvalue weighted by Crippen LogP contribution is -2.49. The second-order valence-corrected chi connectivity index (χ2v) is 4.97. The third-order valence-electron chi connectivity index (χ3n) is 2.71. The molecule has 5 heteroatoms. The normalized spacial score (nSPS) is 22.9. The second kappa shape index (κ2) is 6.20. The summed E-state index contributed by atoms with van der Waals surface area (Å²) in [5.74, 6) is 7.70. The van der Waals surface area contributed by atoms with Crippen LogP contribution in [0.25, 0.3) is 0 Å². The Bertz CT molecular complexity index is 303. The Labute approximate surface area is 99.9 Å². The molecule has 0 radical (unpaired) electrons. The summed E-state index contributed by atoms with van der Waals surface area (Å²) in [5, 5.41) is 0. The Balaban J connectivity index is 1.94. The molecule has 2 rings (SSSR count). The van der Waals surface area contributed by atoms with E-state index in [1.165, 1.54) is 5.56 Å². The average Bonchev–Trinajstić information content (AvgIpc) is 2.38. The van der Waals surface area contributed by atoms with E-state index >= 15 is 0 Å². The van der Waals surface area contributed by atoms with E-state index in [9.17, 15) is 0 Å². The summed E-state index contributed by atoms with van der Waals surface area (Å²) in [7, 11) is 0. The van der Waals surface area contributed by atoms with Gasteiger partial charge in [0.2, 0.25) is 0 Å². The Morgan fingerprint density at radius 2 is 2.38 bits per heavy atom. The maximum Gasteiger partial charge on any atom is 0.0835 e. The molecule has 1 aromatic heterocycles. The minimum absolute atomic E-state index is 0.176. The number of thioether (sulfide) groups is 1. The van der Waals surface area contributed by atoms with Gasteiger partial charge in [0.15, 0.2) is 0 Å². The summed E-state index contributed by atoms with van der Waals surface area (Å²) in [4.78, 5) is 4.00. The van der Waals surface area contributed by atoms with Crippen LogP contribution in [0, 0.1) is 0 Å². The third-order valence-corrected chi connectivity index (χ3v) is 3.73. The summed E-state index contributed by atoms with van der Waals surface area (Å²) in [5.41, 5.74) is 4.09. The predicted octanol–water partition coefficient (Wildman–Crippen LogP) is 0.588. The van der Waals surface area contributed by atoms with Gasteiger partial charge in [-0.05, 0) is 24.1 Å². The molecule has 2 unspecified atom stereocenters. The van der Waals surface area contributed by atoms with Crippen LogP contribution in [0.2, 0.25) is 0 Å². The lowest BCUT2D eigenvalue weighted by atomic mass is 10.0. The smallest absolute Gasteiger partial charge is 0.0835 e. The second-order valence-electron chi connectivity index (χ2n) is 3.82. The number of pyridine rings is 1. The highest BCUT2D eigenvalue weighted by Crippen LogP contribution is 2.17. The number of hydrogen-bond donors (Lipinski definition) is 2. The molecule has 0 bridgehead atoms. The molecule has 0 aliphatic carbocycles. The minimum Gasteiger partial charge on any atom is -0.375 e. The molecule has 1 aliphatic heterocycles. The first-order chi connectivity index (χ1) is 7.90. The highest BCUT2D eigenvalue weighted by Gasteiger charge is 2.23. The fourth-order valence-corrected chi connectivity index (χ4v) is 2.75. The number of nitrogens with zero attached hydrogens (tertiary/aromatic N) is 1. The molecule has 2 atom stereocenters. The van der Waals surface area contributed by atoms with Gasteiger partial charge in [-0.3, -0.25) is 16.3 Å². The van der Waals surface area contributed by atoms with Crippen LogP contribution in [-0.4, -0.2) is 35.2 Å². The molecule has 1 aromatic rings. The van der Waals surface area contributed by atoms with E-state index in [0.29, 0.717) is 0 Å². The van der Waals surface area contributed by atoms with Crippen LogP contribution in [0.1, 0.15) is 5.56 Å². The van der Waals surface area contributed by atoms with Gasteiger partial charge < -0.3 is 4.74 Å². The van der Waals surface area contributed by atoms with E-state index in [0.717, 1.165) is 24.5 Å². The van der Waals surface area contributed by atoms with Crippen LogP contribution < -0.4 is 11.3 Å². The highest BCUT2D eigenvalue weighted by atomic mass is 32.2. The van der Waals surface area contributed by atoms with Gasteiger partial charge in [-0.25, -0.2) is 0 Å². The van der Waals surface area contributed by atoms with Crippen LogP contribution in [-0.2, 0) is 11.2 Å². The van der Waals surface area contributed by atoms with Gasteiger partial charge in [0.05, 0.1) is 18.8 Å². The fourth-order valence-electron chi connectivity index (χ4n) is 1.81. The summed E-state index contributed by atoms with van der Waals surface area (Å²) in [6.07, 6.45) is 4.69. The van der Waals surface area contributed by atoms with Crippen molar-refractivity contribution in [3.8, 4) is 0 Å². The van der Waals surface area contributed by atoms with Crippen molar-refractivity contribution in [3.05, 3.63) is 30.1 Å². The monoisotopic (exact) mass is 239 g/mol. The number of nitrogens with two attached hydrogens (primary N) is 1. The molecule has 1 aliphatic rings. The SMILES string of the molecule is NNC(Cc1ccncc1)C1CSCCO1. The Kier molecular flexibility index (Phi) is 4.59. The van der Waals surface area contributed by atoms with Crippen LogP contribution in [0.4, 0.5) is 0 Å². The quantitative estimate of drug-likeness (QED) is 0.595. The van der Waals surface area contributed by atoms with Crippen molar-refractivity contribution in [1.82, 2.24) is 10.4 Å². The molecule has 0 saturated carbocycles. The van der Waals surface area contributed by atoms with Crippen molar-refractivity contribution in [3.63, 3.8) is 0 Å². The Hall–Kier alpha value is -0.620. The number of aromatic nitrogens is 1. The standard InChI is InChI=1S/C11H17N3OS/c12-14-10(11-8-16-6-5-15-11)7-9-1-3-13-4-2-9/h1-4,10-11,14H,5-8,12H2. The number of hydrazine groups is 1. The minimum atomic E-state index is 0.176. The summed E-state index contributed by atoms with van der Waals surface area (Å²) in [6.45, 7) is 0.823. The first-order valence-corrected chi connectivity index (χ1v) is 6.60. The van der Waals surface area contributed by atoms with Gasteiger partial charge in [-0.15, -0.1) is 0 Å². The van der Waals surface area contributed by atoms with E-state index in [-0.39, 0.29) is 12.1 Å². The maximum atomic E-state index is 5.72. The molecule has 4 nitrogen and oxygen atoms in total. The number of ether oxygens (including phenoxy) is 1. The predicted molar refractivity (Wildman–Crippen MR) is 66.1 cm³/mol. The Morgan fingerprint density at radius 1 is 1.56 bits per heavy atom. The topological polar surface area (TPSA) is 60.2 Å². The summed E-state index contributed by atoms with van der Waals surface area (Å²) >= 11 is 1.92. The van der Waals surface area contributed by atoms with E-state index in [1.807, 2.05) is 23.9 Å². The molecule has 1 fully saturated rings. The van der Waals surface area contributed by atoms with Crippen LogP contribution >= 0.6 is 11.8 Å². The summed E-state index contributed by atoms with van der Waals surface area (Å²) in [6, 6.07) is 4.20. The summed E-state index contributed by atoms with van der Waals surface area (Å²) < 4.78 is 5.72. The van der Waals surface area contributed by atoms with Crippen molar-refractivity contribution in [1.29, 1.82) is 0 Å². The van der Waals surface area contributed by atoms with Gasteiger partial charge in [0.1, 0.15) is 0 Å². The molecular formula is C11H17N3OS. The van der Waals surface area contributed by atoms with Crippen molar-refractivity contribution in [2.75, 3.05) is 18.1 Å². The molecule has 16 heavy (non-hydrogen) atoms. The molecule has 0 spiro atoms. The Morgan fingerprint density at radius 3 is 3.00 bits per heavy atom. The van der Waals surface area contributed by atoms with Crippen molar-refractivity contribution >= 4 is 11.8 Å². The van der Waals surface area contributed by atoms with Gasteiger partial charge in [0, 0.05) is 23.9 Å². The lowest BCUT2D eigenvalue weighted by molar-refractivity contribution is 0.0472. The van der Waals surface area contributed by atoms with E-state index < -0.39 is 0 Å². The van der Waals surface area contributed by atoms with Crippen LogP contribution in [0.5, 0.6) is 0 Å². The first kappa shape index (κ1) is 11.9. The fraction of sp³-hybridized carbons (Fsp3) is 0.545. The van der Waals surface area contributed by atoms with E-state index in [4.69, 9.17) is 10.6 Å². The average molecular weight is 239 g/mol.